The smallest absolute Gasteiger partial charge is 0.292 e. The van der Waals surface area contributed by atoms with E-state index in [9.17, 15) is 10.1 Å². The lowest BCUT2D eigenvalue weighted by molar-refractivity contribution is -0.383. The van der Waals surface area contributed by atoms with Crippen LogP contribution in [0.5, 0.6) is 0 Å². The molecule has 5 heteroatoms. The van der Waals surface area contributed by atoms with Gasteiger partial charge in [0.15, 0.2) is 0 Å². The predicted molar refractivity (Wildman–Crippen MR) is 68.0 cm³/mol. The van der Waals surface area contributed by atoms with Gasteiger partial charge < -0.3 is 11.1 Å². The fourth-order valence-corrected chi connectivity index (χ4v) is 2.10. The fraction of sp³-hybridized carbons (Fsp3) is 0.500. The summed E-state index contributed by atoms with van der Waals surface area (Å²) in [4.78, 5) is 10.1. The van der Waals surface area contributed by atoms with Gasteiger partial charge in [-0.1, -0.05) is 13.3 Å². The van der Waals surface area contributed by atoms with Crippen molar-refractivity contribution in [2.75, 3.05) is 17.6 Å². The molecule has 0 spiro atoms. The van der Waals surface area contributed by atoms with Crippen LogP contribution in [0.2, 0.25) is 0 Å². The molecule has 1 fully saturated rings. The Kier molecular flexibility index (Phi) is 2.92. The number of benzene rings is 1. The number of nitrogens with one attached hydrogen (secondary N) is 1. The van der Waals surface area contributed by atoms with Crippen LogP contribution in [0.25, 0.3) is 0 Å². The summed E-state index contributed by atoms with van der Waals surface area (Å²) in [6.07, 6.45) is 3.77. The van der Waals surface area contributed by atoms with E-state index in [1.807, 2.05) is 0 Å². The second kappa shape index (κ2) is 4.24. The molecule has 0 bridgehead atoms. The maximum Gasteiger partial charge on any atom is 0.292 e. The maximum atomic E-state index is 10.6. The number of nitrogen functional groups attached to an aromatic ring is 1. The van der Waals surface area contributed by atoms with Gasteiger partial charge in [-0.2, -0.15) is 0 Å². The Hall–Kier alpha value is -1.78. The Morgan fingerprint density at radius 3 is 2.71 bits per heavy atom. The molecular weight excluding hydrogens is 218 g/mol. The minimum atomic E-state index is -0.466. The van der Waals surface area contributed by atoms with Crippen LogP contribution < -0.4 is 11.1 Å². The van der Waals surface area contributed by atoms with Crippen LogP contribution in [-0.4, -0.2) is 11.5 Å². The topological polar surface area (TPSA) is 81.2 Å². The van der Waals surface area contributed by atoms with Gasteiger partial charge in [-0.3, -0.25) is 10.1 Å². The Morgan fingerprint density at radius 1 is 1.53 bits per heavy atom. The lowest BCUT2D eigenvalue weighted by atomic mass is 9.70. The Morgan fingerprint density at radius 2 is 2.24 bits per heavy atom. The molecular formula is C12H17N3O2. The Bertz CT molecular complexity index is 441. The second-order valence-electron chi connectivity index (χ2n) is 5.05. The molecule has 0 saturated heterocycles. The molecule has 3 N–H and O–H groups in total. The molecule has 2 rings (SSSR count). The number of nitrogens with zero attached hydrogens (tertiary/aromatic N) is 1. The summed E-state index contributed by atoms with van der Waals surface area (Å²) in [7, 11) is 0. The standard InChI is InChI=1S/C12H17N3O2/c1-12(5-2-6-12)8-14-9-3-4-11(15(16)17)10(13)7-9/h3-4,7,14H,2,5-6,8,13H2,1H3. The largest absolute Gasteiger partial charge is 0.393 e. The number of nitro benzene ring substituents is 1. The van der Waals surface area contributed by atoms with Gasteiger partial charge in [0.05, 0.1) is 4.92 Å². The molecule has 0 amide bonds. The number of hydrogen-bond acceptors (Lipinski definition) is 4. The Balaban J connectivity index is 2.02. The first-order chi connectivity index (χ1) is 8.00. The molecule has 0 radical (unpaired) electrons. The van der Waals surface area contributed by atoms with Gasteiger partial charge in [-0.25, -0.2) is 0 Å². The van der Waals surface area contributed by atoms with Crippen molar-refractivity contribution in [2.45, 2.75) is 26.2 Å². The van der Waals surface area contributed by atoms with Crippen LogP contribution >= 0.6 is 0 Å². The van der Waals surface area contributed by atoms with Crippen molar-refractivity contribution in [3.8, 4) is 0 Å². The van der Waals surface area contributed by atoms with E-state index >= 15 is 0 Å². The van der Waals surface area contributed by atoms with Gasteiger partial charge in [0.2, 0.25) is 0 Å². The molecule has 92 valence electrons. The number of anilines is 2. The summed E-state index contributed by atoms with van der Waals surface area (Å²) in [5, 5.41) is 13.9. The van der Waals surface area contributed by atoms with Gasteiger partial charge in [0.25, 0.3) is 5.69 Å². The Labute approximate surface area is 100 Å². The first kappa shape index (κ1) is 11.7. The van der Waals surface area contributed by atoms with Crippen LogP contribution in [0, 0.1) is 15.5 Å². The summed E-state index contributed by atoms with van der Waals surface area (Å²) in [6.45, 7) is 3.14. The molecule has 1 aromatic rings. The maximum absolute atomic E-state index is 10.6. The number of nitrogens with two attached hydrogens (primary N) is 1. The highest BCUT2D eigenvalue weighted by Crippen LogP contribution is 2.40. The zero-order valence-corrected chi connectivity index (χ0v) is 9.90. The van der Waals surface area contributed by atoms with Crippen molar-refractivity contribution in [3.63, 3.8) is 0 Å². The molecule has 0 aliphatic heterocycles. The molecule has 0 unspecified atom stereocenters. The normalized spacial score (nSPS) is 17.2. The van der Waals surface area contributed by atoms with E-state index in [2.05, 4.69) is 12.2 Å². The molecule has 5 nitrogen and oxygen atoms in total. The van der Waals surface area contributed by atoms with Gasteiger partial charge in [-0.15, -0.1) is 0 Å². The van der Waals surface area contributed by atoms with Gasteiger partial charge in [0, 0.05) is 18.3 Å². The first-order valence-electron chi connectivity index (χ1n) is 5.78. The van der Waals surface area contributed by atoms with Gasteiger partial charge in [-0.05, 0) is 30.4 Å². The van der Waals surface area contributed by atoms with Crippen molar-refractivity contribution in [1.29, 1.82) is 0 Å². The predicted octanol–water partition coefficient (Wildman–Crippen LogP) is 2.78. The highest BCUT2D eigenvalue weighted by molar-refractivity contribution is 5.65. The number of nitro groups is 1. The average Bonchev–Trinajstić information content (AvgIpc) is 2.23. The van der Waals surface area contributed by atoms with Gasteiger partial charge in [0.1, 0.15) is 5.69 Å². The molecule has 1 aliphatic rings. The second-order valence-corrected chi connectivity index (χ2v) is 5.05. The van der Waals surface area contributed by atoms with E-state index in [1.165, 1.54) is 25.3 Å². The van der Waals surface area contributed by atoms with E-state index < -0.39 is 4.92 Å². The quantitative estimate of drug-likeness (QED) is 0.477. The van der Waals surface area contributed by atoms with Gasteiger partial charge >= 0.3 is 0 Å². The minimum absolute atomic E-state index is 0.0367. The van der Waals surface area contributed by atoms with Crippen LogP contribution in [-0.2, 0) is 0 Å². The zero-order chi connectivity index (χ0) is 12.5. The third-order valence-corrected chi connectivity index (χ3v) is 3.50. The first-order valence-corrected chi connectivity index (χ1v) is 5.78. The molecule has 0 aromatic heterocycles. The van der Waals surface area contributed by atoms with E-state index in [-0.39, 0.29) is 11.4 Å². The van der Waals surface area contributed by atoms with Crippen molar-refractivity contribution in [1.82, 2.24) is 0 Å². The zero-order valence-electron chi connectivity index (χ0n) is 9.90. The molecule has 17 heavy (non-hydrogen) atoms. The number of rotatable bonds is 4. The molecule has 0 atom stereocenters. The summed E-state index contributed by atoms with van der Waals surface area (Å²) >= 11 is 0. The summed E-state index contributed by atoms with van der Waals surface area (Å²) in [6, 6.07) is 4.78. The molecule has 1 saturated carbocycles. The van der Waals surface area contributed by atoms with Crippen LogP contribution in [0.1, 0.15) is 26.2 Å². The summed E-state index contributed by atoms with van der Waals surface area (Å²) < 4.78 is 0. The van der Waals surface area contributed by atoms with E-state index in [4.69, 9.17) is 5.73 Å². The third kappa shape index (κ3) is 2.49. The van der Waals surface area contributed by atoms with E-state index in [0.717, 1.165) is 12.2 Å². The monoisotopic (exact) mass is 235 g/mol. The third-order valence-electron chi connectivity index (χ3n) is 3.50. The fourth-order valence-electron chi connectivity index (χ4n) is 2.10. The SMILES string of the molecule is CC1(CNc2ccc([N+](=O)[O-])c(N)c2)CCC1. The van der Waals surface area contributed by atoms with Crippen LogP contribution in [0.3, 0.4) is 0 Å². The minimum Gasteiger partial charge on any atom is -0.393 e. The number of hydrogen-bond donors (Lipinski definition) is 2. The van der Waals surface area contributed by atoms with E-state index in [0.29, 0.717) is 5.41 Å². The lowest BCUT2D eigenvalue weighted by Gasteiger charge is -2.38. The lowest BCUT2D eigenvalue weighted by Crippen LogP contribution is -2.33. The summed E-state index contributed by atoms with van der Waals surface area (Å²) in [5.41, 5.74) is 7.02. The van der Waals surface area contributed by atoms with Crippen molar-refractivity contribution < 1.29 is 4.92 Å². The molecule has 0 heterocycles. The van der Waals surface area contributed by atoms with Crippen molar-refractivity contribution in [3.05, 3.63) is 28.3 Å². The highest BCUT2D eigenvalue weighted by atomic mass is 16.6. The highest BCUT2D eigenvalue weighted by Gasteiger charge is 2.31. The molecule has 1 aromatic carbocycles. The van der Waals surface area contributed by atoms with Crippen LogP contribution in [0.15, 0.2) is 18.2 Å². The van der Waals surface area contributed by atoms with E-state index in [1.54, 1.807) is 12.1 Å². The molecule has 1 aliphatic carbocycles. The van der Waals surface area contributed by atoms with Crippen molar-refractivity contribution >= 4 is 17.1 Å². The van der Waals surface area contributed by atoms with Crippen molar-refractivity contribution in [2.24, 2.45) is 5.41 Å². The average molecular weight is 235 g/mol. The summed E-state index contributed by atoms with van der Waals surface area (Å²) in [5.74, 6) is 0. The van der Waals surface area contributed by atoms with Crippen LogP contribution in [0.4, 0.5) is 17.1 Å².